The number of nitrogens with zero attached hydrogens (tertiary/aromatic N) is 3. The van der Waals surface area contributed by atoms with Crippen molar-refractivity contribution in [1.29, 1.82) is 0 Å². The van der Waals surface area contributed by atoms with Crippen molar-refractivity contribution in [3.8, 4) is 0 Å². The highest BCUT2D eigenvalue weighted by molar-refractivity contribution is 6.06. The van der Waals surface area contributed by atoms with E-state index >= 15 is 0 Å². The Morgan fingerprint density at radius 2 is 2.00 bits per heavy atom. The zero-order chi connectivity index (χ0) is 20.7. The molecule has 4 nitrogen and oxygen atoms in total. The van der Waals surface area contributed by atoms with Crippen molar-refractivity contribution in [2.24, 2.45) is 17.8 Å². The molecule has 0 unspecified atom stereocenters. The van der Waals surface area contributed by atoms with Gasteiger partial charge >= 0.3 is 0 Å². The van der Waals surface area contributed by atoms with Gasteiger partial charge in [0.25, 0.3) is 5.91 Å². The smallest absolute Gasteiger partial charge is 0.254 e. The molecule has 3 aliphatic heterocycles. The number of piperidine rings is 3. The Bertz CT molecular complexity index is 905. The lowest BCUT2D eigenvalue weighted by atomic mass is 9.71. The van der Waals surface area contributed by atoms with Crippen LogP contribution in [0.1, 0.15) is 62.7 Å². The van der Waals surface area contributed by atoms with E-state index in [2.05, 4.69) is 28.6 Å². The molecule has 0 N–H and O–H groups in total. The van der Waals surface area contributed by atoms with E-state index in [1.165, 1.54) is 45.1 Å². The van der Waals surface area contributed by atoms with E-state index in [4.69, 9.17) is 0 Å². The Kier molecular flexibility index (Phi) is 5.53. The summed E-state index contributed by atoms with van der Waals surface area (Å²) in [5.41, 5.74) is 1.73. The maximum absolute atomic E-state index is 13.7. The molecule has 160 valence electrons. The lowest BCUT2D eigenvalue weighted by Crippen LogP contribution is -2.64. The van der Waals surface area contributed by atoms with Crippen molar-refractivity contribution in [2.75, 3.05) is 19.6 Å². The van der Waals surface area contributed by atoms with E-state index < -0.39 is 0 Å². The molecule has 4 atom stereocenters. The molecule has 2 aromatic rings. The predicted molar refractivity (Wildman–Crippen MR) is 121 cm³/mol. The summed E-state index contributed by atoms with van der Waals surface area (Å²) in [4.78, 5) is 23.2. The van der Waals surface area contributed by atoms with Crippen LogP contribution in [0.5, 0.6) is 0 Å². The first-order chi connectivity index (χ1) is 14.6. The molecular formula is C26H35N3O. The van der Waals surface area contributed by atoms with Gasteiger partial charge in [-0.15, -0.1) is 0 Å². The molecule has 3 fully saturated rings. The molecule has 5 rings (SSSR count). The van der Waals surface area contributed by atoms with Gasteiger partial charge in [0.1, 0.15) is 0 Å². The molecule has 0 saturated carbocycles. The summed E-state index contributed by atoms with van der Waals surface area (Å²) >= 11 is 0. The minimum absolute atomic E-state index is 0.204. The standard InChI is InChI=1S/C26H35N3O/c1-18(2)11-12-25-20-15-19(24-10-3-4-14-29(24)25)16-28(17-20)26(30)22-7-5-9-23-21(22)8-6-13-27-23/h5-9,13,18-20,24-25H,3-4,10-12,14-17H2,1-2H3/t19-,20+,24+,25+/m1/s1. The van der Waals surface area contributed by atoms with Crippen LogP contribution in [-0.4, -0.2) is 52.4 Å². The van der Waals surface area contributed by atoms with E-state index in [9.17, 15) is 4.79 Å². The number of benzene rings is 1. The summed E-state index contributed by atoms with van der Waals surface area (Å²) in [5.74, 6) is 2.20. The molecule has 3 saturated heterocycles. The summed E-state index contributed by atoms with van der Waals surface area (Å²) in [5, 5.41) is 0.983. The Morgan fingerprint density at radius 1 is 1.13 bits per heavy atom. The SMILES string of the molecule is CC(C)CC[C@H]1[C@H]2C[C@H](CN(C(=O)c3cccc4ncccc34)C2)[C@@H]2CCCCN21. The fraction of sp³-hybridized carbons (Fsp3) is 0.615. The maximum Gasteiger partial charge on any atom is 0.254 e. The lowest BCUT2D eigenvalue weighted by Gasteiger charge is -2.57. The summed E-state index contributed by atoms with van der Waals surface area (Å²) in [6, 6.07) is 11.3. The number of carbonyl (C=O) groups excluding carboxylic acids is 1. The molecule has 4 heteroatoms. The molecule has 0 spiro atoms. The van der Waals surface area contributed by atoms with Crippen LogP contribution >= 0.6 is 0 Å². The summed E-state index contributed by atoms with van der Waals surface area (Å²) in [7, 11) is 0. The minimum atomic E-state index is 0.204. The first-order valence-corrected chi connectivity index (χ1v) is 12.0. The van der Waals surface area contributed by atoms with Gasteiger partial charge in [-0.1, -0.05) is 32.4 Å². The number of rotatable bonds is 4. The quantitative estimate of drug-likeness (QED) is 0.719. The number of pyridine rings is 1. The molecule has 1 aromatic heterocycles. The third-order valence-electron chi connectivity index (χ3n) is 7.82. The Labute approximate surface area is 180 Å². The normalized spacial score (nSPS) is 29.2. The lowest BCUT2D eigenvalue weighted by molar-refractivity contribution is -0.0681. The number of hydrogen-bond acceptors (Lipinski definition) is 3. The van der Waals surface area contributed by atoms with E-state index in [1.54, 1.807) is 6.20 Å². The van der Waals surface area contributed by atoms with Crippen LogP contribution < -0.4 is 0 Å². The highest BCUT2D eigenvalue weighted by atomic mass is 16.2. The average molecular weight is 406 g/mol. The minimum Gasteiger partial charge on any atom is -0.338 e. The molecular weight excluding hydrogens is 370 g/mol. The van der Waals surface area contributed by atoms with E-state index in [0.717, 1.165) is 35.5 Å². The van der Waals surface area contributed by atoms with E-state index in [0.29, 0.717) is 23.9 Å². The van der Waals surface area contributed by atoms with Gasteiger partial charge in [-0.2, -0.15) is 0 Å². The van der Waals surface area contributed by atoms with Crippen molar-refractivity contribution >= 4 is 16.8 Å². The van der Waals surface area contributed by atoms with E-state index in [-0.39, 0.29) is 5.91 Å². The molecule has 3 aliphatic rings. The van der Waals surface area contributed by atoms with Crippen molar-refractivity contribution in [2.45, 2.75) is 64.5 Å². The zero-order valence-electron chi connectivity index (χ0n) is 18.5. The highest BCUT2D eigenvalue weighted by Crippen LogP contribution is 2.43. The van der Waals surface area contributed by atoms with Crippen LogP contribution in [0.15, 0.2) is 36.5 Å². The van der Waals surface area contributed by atoms with Crippen molar-refractivity contribution in [3.63, 3.8) is 0 Å². The maximum atomic E-state index is 13.7. The van der Waals surface area contributed by atoms with Gasteiger partial charge in [0.2, 0.25) is 0 Å². The third-order valence-corrected chi connectivity index (χ3v) is 7.82. The largest absolute Gasteiger partial charge is 0.338 e. The van der Waals surface area contributed by atoms with Gasteiger partial charge in [0.15, 0.2) is 0 Å². The van der Waals surface area contributed by atoms with Gasteiger partial charge in [-0.3, -0.25) is 14.7 Å². The fourth-order valence-corrected chi connectivity index (χ4v) is 6.44. The van der Waals surface area contributed by atoms with Crippen LogP contribution in [0.2, 0.25) is 0 Å². The van der Waals surface area contributed by atoms with Crippen LogP contribution in [0.4, 0.5) is 0 Å². The zero-order valence-corrected chi connectivity index (χ0v) is 18.5. The summed E-state index contributed by atoms with van der Waals surface area (Å²) < 4.78 is 0. The second kappa shape index (κ2) is 8.30. The van der Waals surface area contributed by atoms with Gasteiger partial charge in [0.05, 0.1) is 5.52 Å². The topological polar surface area (TPSA) is 36.4 Å². The second-order valence-corrected chi connectivity index (χ2v) is 10.2. The van der Waals surface area contributed by atoms with Crippen LogP contribution in [0, 0.1) is 17.8 Å². The summed E-state index contributed by atoms with van der Waals surface area (Å²) in [6.07, 6.45) is 9.70. The molecule has 1 aromatic carbocycles. The summed E-state index contributed by atoms with van der Waals surface area (Å²) in [6.45, 7) is 7.78. The van der Waals surface area contributed by atoms with Gasteiger partial charge < -0.3 is 4.90 Å². The number of amides is 1. The van der Waals surface area contributed by atoms with Crippen molar-refractivity contribution < 1.29 is 4.79 Å². The molecule has 30 heavy (non-hydrogen) atoms. The number of hydrogen-bond donors (Lipinski definition) is 0. The first-order valence-electron chi connectivity index (χ1n) is 12.0. The average Bonchev–Trinajstić information content (AvgIpc) is 2.78. The Balaban J connectivity index is 1.42. The van der Waals surface area contributed by atoms with Crippen molar-refractivity contribution in [3.05, 3.63) is 42.1 Å². The molecule has 0 radical (unpaired) electrons. The van der Waals surface area contributed by atoms with Gasteiger partial charge in [-0.05, 0) is 74.6 Å². The third kappa shape index (κ3) is 3.64. The molecule has 4 heterocycles. The van der Waals surface area contributed by atoms with E-state index in [1.807, 2.05) is 30.3 Å². The van der Waals surface area contributed by atoms with Crippen LogP contribution in [0.25, 0.3) is 10.9 Å². The van der Waals surface area contributed by atoms with Crippen LogP contribution in [-0.2, 0) is 0 Å². The highest BCUT2D eigenvalue weighted by Gasteiger charge is 2.47. The Hall–Kier alpha value is -1.94. The van der Waals surface area contributed by atoms with Crippen LogP contribution in [0.3, 0.4) is 0 Å². The first kappa shape index (κ1) is 20.0. The predicted octanol–water partition coefficient (Wildman–Crippen LogP) is 4.99. The number of aromatic nitrogens is 1. The van der Waals surface area contributed by atoms with Gasteiger partial charge in [0, 0.05) is 42.3 Å². The number of carbonyl (C=O) groups is 1. The molecule has 0 aliphatic carbocycles. The molecule has 1 amide bonds. The number of likely N-dealkylation sites (tertiary alicyclic amines) is 1. The number of fused-ring (bicyclic) bond motifs is 5. The van der Waals surface area contributed by atoms with Gasteiger partial charge in [-0.25, -0.2) is 0 Å². The molecule has 2 bridgehead atoms. The Morgan fingerprint density at radius 3 is 2.87 bits per heavy atom. The second-order valence-electron chi connectivity index (χ2n) is 10.2. The fourth-order valence-electron chi connectivity index (χ4n) is 6.44. The monoisotopic (exact) mass is 405 g/mol. The van der Waals surface area contributed by atoms with Crippen molar-refractivity contribution in [1.82, 2.24) is 14.8 Å².